The monoisotopic (exact) mass is 197 g/mol. The zero-order valence-electron chi connectivity index (χ0n) is 9.30. The van der Waals surface area contributed by atoms with Crippen molar-refractivity contribution >= 4 is 0 Å². The minimum Gasteiger partial charge on any atom is -0.380 e. The fraction of sp³-hybridized carbons (Fsp3) is 1.00. The van der Waals surface area contributed by atoms with E-state index in [2.05, 4.69) is 12.2 Å². The Morgan fingerprint density at radius 1 is 1.21 bits per heavy atom. The fourth-order valence-electron chi connectivity index (χ4n) is 2.81. The maximum absolute atomic E-state index is 5.39. The lowest BCUT2D eigenvalue weighted by Crippen LogP contribution is -2.41. The fourth-order valence-corrected chi connectivity index (χ4v) is 2.81. The molecule has 1 aliphatic heterocycles. The molecule has 1 saturated carbocycles. The van der Waals surface area contributed by atoms with Gasteiger partial charge in [0.25, 0.3) is 0 Å². The van der Waals surface area contributed by atoms with E-state index in [4.69, 9.17) is 4.74 Å². The Morgan fingerprint density at radius 2 is 2.14 bits per heavy atom. The predicted molar refractivity (Wildman–Crippen MR) is 58.4 cm³/mol. The summed E-state index contributed by atoms with van der Waals surface area (Å²) in [6.07, 6.45) is 8.23. The first kappa shape index (κ1) is 10.4. The van der Waals surface area contributed by atoms with Crippen LogP contribution >= 0.6 is 0 Å². The van der Waals surface area contributed by atoms with Crippen molar-refractivity contribution in [2.75, 3.05) is 13.2 Å². The first-order valence-corrected chi connectivity index (χ1v) is 6.22. The maximum Gasteiger partial charge on any atom is 0.0620 e. The molecule has 0 bridgehead atoms. The van der Waals surface area contributed by atoms with E-state index < -0.39 is 0 Å². The minimum absolute atomic E-state index is 0.649. The van der Waals surface area contributed by atoms with E-state index in [1.54, 1.807) is 0 Å². The van der Waals surface area contributed by atoms with Crippen molar-refractivity contribution in [3.05, 3.63) is 0 Å². The van der Waals surface area contributed by atoms with Gasteiger partial charge < -0.3 is 10.1 Å². The molecule has 14 heavy (non-hydrogen) atoms. The van der Waals surface area contributed by atoms with Gasteiger partial charge >= 0.3 is 0 Å². The summed E-state index contributed by atoms with van der Waals surface area (Å²) in [4.78, 5) is 0. The quantitative estimate of drug-likeness (QED) is 0.750. The molecule has 82 valence electrons. The van der Waals surface area contributed by atoms with E-state index >= 15 is 0 Å². The standard InChI is InChI=1S/C12H23NO/c1-2-10-4-3-5-11(8-10)13-12-6-7-14-9-12/h10-13H,2-9H2,1H3. The van der Waals surface area contributed by atoms with Crippen LogP contribution in [-0.2, 0) is 4.74 Å². The zero-order chi connectivity index (χ0) is 9.80. The molecule has 0 aromatic heterocycles. The molecule has 3 atom stereocenters. The zero-order valence-corrected chi connectivity index (χ0v) is 9.30. The van der Waals surface area contributed by atoms with E-state index in [1.165, 1.54) is 38.5 Å². The Hall–Kier alpha value is -0.0800. The molecule has 0 aromatic carbocycles. The van der Waals surface area contributed by atoms with E-state index in [9.17, 15) is 0 Å². The van der Waals surface area contributed by atoms with Crippen LogP contribution in [0.2, 0.25) is 0 Å². The molecule has 3 unspecified atom stereocenters. The molecule has 1 aliphatic carbocycles. The van der Waals surface area contributed by atoms with Crippen LogP contribution in [0, 0.1) is 5.92 Å². The van der Waals surface area contributed by atoms with Gasteiger partial charge in [-0.1, -0.05) is 26.2 Å². The van der Waals surface area contributed by atoms with Gasteiger partial charge in [0.15, 0.2) is 0 Å². The minimum atomic E-state index is 0.649. The Kier molecular flexibility index (Phi) is 3.82. The van der Waals surface area contributed by atoms with Gasteiger partial charge in [0.05, 0.1) is 6.61 Å². The van der Waals surface area contributed by atoms with Gasteiger partial charge in [0.1, 0.15) is 0 Å². The van der Waals surface area contributed by atoms with Crippen molar-refractivity contribution in [3.8, 4) is 0 Å². The topological polar surface area (TPSA) is 21.3 Å². The second kappa shape index (κ2) is 5.13. The summed E-state index contributed by atoms with van der Waals surface area (Å²) in [7, 11) is 0. The lowest BCUT2D eigenvalue weighted by atomic mass is 9.84. The molecular weight excluding hydrogens is 174 g/mol. The molecule has 2 fully saturated rings. The Bertz CT molecular complexity index is 166. The summed E-state index contributed by atoms with van der Waals surface area (Å²) in [5.41, 5.74) is 0. The van der Waals surface area contributed by atoms with Gasteiger partial charge in [0, 0.05) is 18.7 Å². The molecule has 2 nitrogen and oxygen atoms in total. The highest BCUT2D eigenvalue weighted by atomic mass is 16.5. The average molecular weight is 197 g/mol. The van der Waals surface area contributed by atoms with Crippen molar-refractivity contribution in [2.45, 2.75) is 57.5 Å². The van der Waals surface area contributed by atoms with E-state index in [-0.39, 0.29) is 0 Å². The highest BCUT2D eigenvalue weighted by Crippen LogP contribution is 2.27. The summed E-state index contributed by atoms with van der Waals surface area (Å²) in [6, 6.07) is 1.43. The van der Waals surface area contributed by atoms with Crippen LogP contribution in [0.3, 0.4) is 0 Å². The number of hydrogen-bond donors (Lipinski definition) is 1. The predicted octanol–water partition coefficient (Wildman–Crippen LogP) is 2.33. The van der Waals surface area contributed by atoms with Crippen molar-refractivity contribution in [2.24, 2.45) is 5.92 Å². The molecule has 0 radical (unpaired) electrons. The van der Waals surface area contributed by atoms with E-state index in [0.717, 1.165) is 25.2 Å². The molecule has 1 heterocycles. The Balaban J connectivity index is 1.73. The van der Waals surface area contributed by atoms with Crippen molar-refractivity contribution in [1.29, 1.82) is 0 Å². The second-order valence-electron chi connectivity index (χ2n) is 4.86. The van der Waals surface area contributed by atoms with E-state index in [0.29, 0.717) is 6.04 Å². The van der Waals surface area contributed by atoms with Crippen LogP contribution in [0.4, 0.5) is 0 Å². The third-order valence-corrected chi connectivity index (χ3v) is 3.76. The third-order valence-electron chi connectivity index (χ3n) is 3.76. The highest BCUT2D eigenvalue weighted by molar-refractivity contribution is 4.82. The van der Waals surface area contributed by atoms with E-state index in [1.807, 2.05) is 0 Å². The van der Waals surface area contributed by atoms with Crippen molar-refractivity contribution < 1.29 is 4.74 Å². The van der Waals surface area contributed by atoms with Gasteiger partial charge in [-0.3, -0.25) is 0 Å². The molecule has 2 rings (SSSR count). The lowest BCUT2D eigenvalue weighted by Gasteiger charge is -2.31. The first-order valence-electron chi connectivity index (χ1n) is 6.22. The number of rotatable bonds is 3. The number of ether oxygens (including phenoxy) is 1. The Labute approximate surface area is 87.4 Å². The first-order chi connectivity index (χ1) is 6.88. The number of nitrogens with one attached hydrogen (secondary N) is 1. The van der Waals surface area contributed by atoms with Crippen LogP contribution in [0.5, 0.6) is 0 Å². The normalized spacial score (nSPS) is 38.8. The summed E-state index contributed by atoms with van der Waals surface area (Å²) in [5.74, 6) is 0.976. The largest absolute Gasteiger partial charge is 0.380 e. The van der Waals surface area contributed by atoms with Crippen LogP contribution in [0.1, 0.15) is 45.4 Å². The molecule has 1 saturated heterocycles. The maximum atomic E-state index is 5.39. The van der Waals surface area contributed by atoms with Crippen molar-refractivity contribution in [1.82, 2.24) is 5.32 Å². The Morgan fingerprint density at radius 3 is 2.86 bits per heavy atom. The lowest BCUT2D eigenvalue weighted by molar-refractivity contribution is 0.182. The van der Waals surface area contributed by atoms with Gasteiger partial charge in [-0.2, -0.15) is 0 Å². The SMILES string of the molecule is CCC1CCCC(NC2CCOC2)C1. The molecule has 0 aromatic rings. The second-order valence-corrected chi connectivity index (χ2v) is 4.86. The van der Waals surface area contributed by atoms with Gasteiger partial charge in [-0.25, -0.2) is 0 Å². The molecule has 0 amide bonds. The van der Waals surface area contributed by atoms with Crippen LogP contribution < -0.4 is 5.32 Å². The third kappa shape index (κ3) is 2.71. The molecule has 2 heteroatoms. The average Bonchev–Trinajstić information content (AvgIpc) is 2.71. The highest BCUT2D eigenvalue weighted by Gasteiger charge is 2.24. The molecule has 2 aliphatic rings. The summed E-state index contributed by atoms with van der Waals surface area (Å²) in [6.45, 7) is 4.22. The molecule has 1 N–H and O–H groups in total. The molecular formula is C12H23NO. The summed E-state index contributed by atoms with van der Waals surface area (Å²) in [5, 5.41) is 3.76. The number of hydrogen-bond acceptors (Lipinski definition) is 2. The molecule has 0 spiro atoms. The van der Waals surface area contributed by atoms with Gasteiger partial charge in [-0.15, -0.1) is 0 Å². The van der Waals surface area contributed by atoms with Crippen LogP contribution in [0.25, 0.3) is 0 Å². The smallest absolute Gasteiger partial charge is 0.0620 e. The van der Waals surface area contributed by atoms with Gasteiger partial charge in [0.2, 0.25) is 0 Å². The van der Waals surface area contributed by atoms with Crippen molar-refractivity contribution in [3.63, 3.8) is 0 Å². The summed E-state index contributed by atoms with van der Waals surface area (Å²) < 4.78 is 5.39. The van der Waals surface area contributed by atoms with Crippen LogP contribution in [-0.4, -0.2) is 25.3 Å². The van der Waals surface area contributed by atoms with Crippen LogP contribution in [0.15, 0.2) is 0 Å². The van der Waals surface area contributed by atoms with Gasteiger partial charge in [-0.05, 0) is 25.2 Å². The summed E-state index contributed by atoms with van der Waals surface area (Å²) >= 11 is 0.